The molecule has 0 aliphatic carbocycles. The third-order valence-corrected chi connectivity index (χ3v) is 5.57. The van der Waals surface area contributed by atoms with Crippen molar-refractivity contribution in [1.29, 1.82) is 5.26 Å². The lowest BCUT2D eigenvalue weighted by molar-refractivity contribution is 0.591. The second-order valence-electron chi connectivity index (χ2n) is 3.88. The smallest absolute Gasteiger partial charge is 0.199 e. The van der Waals surface area contributed by atoms with E-state index in [1.807, 2.05) is 13.0 Å². The summed E-state index contributed by atoms with van der Waals surface area (Å²) in [5, 5.41) is 9.77. The minimum atomic E-state index is -3.64. The Bertz CT molecular complexity index is 665. The molecule has 1 aromatic heterocycles. The molecule has 2 aromatic rings. The van der Waals surface area contributed by atoms with E-state index in [4.69, 9.17) is 5.26 Å². The first kappa shape index (κ1) is 12.8. The Labute approximate surface area is 110 Å². The van der Waals surface area contributed by atoms with Gasteiger partial charge in [0.05, 0.1) is 11.0 Å². The van der Waals surface area contributed by atoms with Gasteiger partial charge in [0.15, 0.2) is 15.1 Å². The number of hydrogen-bond donors (Lipinski definition) is 0. The summed E-state index contributed by atoms with van der Waals surface area (Å²) in [5.74, 6) is 0. The van der Waals surface area contributed by atoms with Crippen LogP contribution in [0.3, 0.4) is 0 Å². The lowest BCUT2D eigenvalue weighted by atomic mass is 10.2. The van der Waals surface area contributed by atoms with Crippen LogP contribution in [0.4, 0.5) is 0 Å². The van der Waals surface area contributed by atoms with Crippen molar-refractivity contribution in [3.8, 4) is 6.07 Å². The average molecular weight is 277 g/mol. The van der Waals surface area contributed by atoms with Gasteiger partial charge in [0.2, 0.25) is 0 Å². The maximum absolute atomic E-state index is 12.4. The summed E-state index contributed by atoms with van der Waals surface area (Å²) in [4.78, 5) is 0.742. The number of aryl methyl sites for hydroxylation is 1. The minimum Gasteiger partial charge on any atom is -0.222 e. The van der Waals surface area contributed by atoms with Crippen LogP contribution in [-0.4, -0.2) is 8.42 Å². The van der Waals surface area contributed by atoms with Crippen LogP contribution in [0.1, 0.15) is 15.7 Å². The highest BCUT2D eigenvalue weighted by Crippen LogP contribution is 2.31. The van der Waals surface area contributed by atoms with Crippen molar-refractivity contribution in [2.45, 2.75) is 17.1 Å². The molecule has 0 N–H and O–H groups in total. The molecule has 0 saturated carbocycles. The maximum atomic E-state index is 12.4. The molecule has 0 bridgehead atoms. The molecule has 0 amide bonds. The topological polar surface area (TPSA) is 57.9 Å². The summed E-state index contributed by atoms with van der Waals surface area (Å²) in [6.07, 6.45) is 0. The zero-order valence-electron chi connectivity index (χ0n) is 9.70. The highest BCUT2D eigenvalue weighted by atomic mass is 32.2. The van der Waals surface area contributed by atoms with E-state index in [0.717, 1.165) is 5.56 Å². The number of thiophene rings is 1. The van der Waals surface area contributed by atoms with Crippen molar-refractivity contribution in [1.82, 2.24) is 0 Å². The SMILES string of the molecule is Cc1ccc(S(=O)(=O)C(C#N)c2cccs2)cc1. The van der Waals surface area contributed by atoms with E-state index in [-0.39, 0.29) is 4.90 Å². The summed E-state index contributed by atoms with van der Waals surface area (Å²) < 4.78 is 24.7. The first-order chi connectivity index (χ1) is 8.55. The van der Waals surface area contributed by atoms with Crippen LogP contribution in [-0.2, 0) is 9.84 Å². The van der Waals surface area contributed by atoms with E-state index in [1.165, 1.54) is 11.3 Å². The normalized spacial score (nSPS) is 12.9. The molecule has 0 aliphatic heterocycles. The van der Waals surface area contributed by atoms with Crippen LogP contribution in [0.2, 0.25) is 0 Å². The first-order valence-electron chi connectivity index (χ1n) is 5.29. The highest BCUT2D eigenvalue weighted by molar-refractivity contribution is 7.92. The van der Waals surface area contributed by atoms with E-state index >= 15 is 0 Å². The molecule has 5 heteroatoms. The zero-order valence-corrected chi connectivity index (χ0v) is 11.3. The van der Waals surface area contributed by atoms with E-state index in [9.17, 15) is 8.42 Å². The van der Waals surface area contributed by atoms with Gasteiger partial charge in [-0.05, 0) is 30.5 Å². The van der Waals surface area contributed by atoms with Gasteiger partial charge in [-0.15, -0.1) is 11.3 Å². The van der Waals surface area contributed by atoms with Gasteiger partial charge in [-0.2, -0.15) is 5.26 Å². The van der Waals surface area contributed by atoms with Gasteiger partial charge < -0.3 is 0 Å². The van der Waals surface area contributed by atoms with Crippen LogP contribution >= 0.6 is 11.3 Å². The van der Waals surface area contributed by atoms with Gasteiger partial charge in [0, 0.05) is 4.88 Å². The van der Waals surface area contributed by atoms with Gasteiger partial charge in [0.25, 0.3) is 0 Å². The Morgan fingerprint density at radius 1 is 1.22 bits per heavy atom. The number of nitrogens with zero attached hydrogens (tertiary/aromatic N) is 1. The average Bonchev–Trinajstić information content (AvgIpc) is 2.84. The third-order valence-electron chi connectivity index (χ3n) is 2.58. The van der Waals surface area contributed by atoms with E-state index < -0.39 is 15.1 Å². The zero-order chi connectivity index (χ0) is 13.2. The van der Waals surface area contributed by atoms with Crippen LogP contribution in [0.5, 0.6) is 0 Å². The number of nitriles is 1. The van der Waals surface area contributed by atoms with Crippen molar-refractivity contribution < 1.29 is 8.42 Å². The molecular weight excluding hydrogens is 266 g/mol. The molecule has 18 heavy (non-hydrogen) atoms. The van der Waals surface area contributed by atoms with E-state index in [1.54, 1.807) is 41.8 Å². The van der Waals surface area contributed by atoms with Crippen LogP contribution in [0, 0.1) is 18.3 Å². The Balaban J connectivity index is 2.48. The lowest BCUT2D eigenvalue weighted by Gasteiger charge is -2.09. The van der Waals surface area contributed by atoms with Crippen molar-refractivity contribution in [2.75, 3.05) is 0 Å². The Morgan fingerprint density at radius 3 is 2.39 bits per heavy atom. The predicted molar refractivity (Wildman–Crippen MR) is 71.0 cm³/mol. The van der Waals surface area contributed by atoms with Gasteiger partial charge in [-0.25, -0.2) is 8.42 Å². The molecule has 3 nitrogen and oxygen atoms in total. The summed E-state index contributed by atoms with van der Waals surface area (Å²) in [6, 6.07) is 11.8. The fraction of sp³-hybridized carbons (Fsp3) is 0.154. The fourth-order valence-electron chi connectivity index (χ4n) is 1.59. The van der Waals surface area contributed by atoms with Crippen molar-refractivity contribution >= 4 is 21.2 Å². The molecular formula is C13H11NO2S2. The molecule has 1 heterocycles. The second kappa shape index (κ2) is 4.92. The summed E-state index contributed by atoms with van der Waals surface area (Å²) in [7, 11) is -3.64. The molecule has 1 unspecified atom stereocenters. The minimum absolute atomic E-state index is 0.188. The molecule has 2 rings (SSSR count). The molecule has 0 spiro atoms. The van der Waals surface area contributed by atoms with Gasteiger partial charge in [-0.3, -0.25) is 0 Å². The first-order valence-corrected chi connectivity index (χ1v) is 7.72. The largest absolute Gasteiger partial charge is 0.222 e. The Morgan fingerprint density at radius 2 is 1.89 bits per heavy atom. The molecule has 1 atom stereocenters. The number of hydrogen-bond acceptors (Lipinski definition) is 4. The quantitative estimate of drug-likeness (QED) is 0.866. The second-order valence-corrected chi connectivity index (χ2v) is 6.89. The van der Waals surface area contributed by atoms with Crippen molar-refractivity contribution in [3.05, 3.63) is 52.2 Å². The summed E-state index contributed by atoms with van der Waals surface area (Å²) in [6.45, 7) is 1.89. The van der Waals surface area contributed by atoms with Gasteiger partial charge in [-0.1, -0.05) is 23.8 Å². The Kier molecular flexibility index (Phi) is 3.50. The monoisotopic (exact) mass is 277 g/mol. The van der Waals surface area contributed by atoms with Crippen molar-refractivity contribution in [3.63, 3.8) is 0 Å². The van der Waals surface area contributed by atoms with Crippen molar-refractivity contribution in [2.24, 2.45) is 0 Å². The van der Waals surface area contributed by atoms with Crippen LogP contribution in [0.15, 0.2) is 46.7 Å². The third kappa shape index (κ3) is 2.30. The number of benzene rings is 1. The highest BCUT2D eigenvalue weighted by Gasteiger charge is 2.29. The lowest BCUT2D eigenvalue weighted by Crippen LogP contribution is -2.11. The van der Waals surface area contributed by atoms with Crippen LogP contribution in [0.25, 0.3) is 0 Å². The predicted octanol–water partition coefficient (Wildman–Crippen LogP) is 3.10. The van der Waals surface area contributed by atoms with E-state index in [0.29, 0.717) is 4.88 Å². The molecule has 92 valence electrons. The van der Waals surface area contributed by atoms with Gasteiger partial charge >= 0.3 is 0 Å². The maximum Gasteiger partial charge on any atom is 0.199 e. The molecule has 0 saturated heterocycles. The summed E-state index contributed by atoms with van der Waals surface area (Å²) >= 11 is 1.28. The molecule has 1 aromatic carbocycles. The van der Waals surface area contributed by atoms with E-state index in [2.05, 4.69) is 0 Å². The molecule has 0 radical (unpaired) electrons. The Hall–Kier alpha value is -1.64. The summed E-state index contributed by atoms with van der Waals surface area (Å²) in [5.41, 5.74) is 0.985. The standard InChI is InChI=1S/C13H11NO2S2/c1-10-4-6-11(7-5-10)18(15,16)13(9-14)12-3-2-8-17-12/h2-8,13H,1H3. The number of rotatable bonds is 3. The molecule has 0 aliphatic rings. The molecule has 0 fully saturated rings. The fourth-order valence-corrected chi connectivity index (χ4v) is 4.10. The van der Waals surface area contributed by atoms with Gasteiger partial charge in [0.1, 0.15) is 0 Å². The van der Waals surface area contributed by atoms with Crippen LogP contribution < -0.4 is 0 Å². The number of sulfone groups is 1.